The average molecular weight is 363 g/mol. The number of hydrogen-bond donors (Lipinski definition) is 2. The Kier molecular flexibility index (Phi) is 5.22. The molecule has 1 fully saturated rings. The Bertz CT molecular complexity index is 784. The molecule has 2 aromatic rings. The van der Waals surface area contributed by atoms with Gasteiger partial charge in [-0.3, -0.25) is 14.4 Å². The van der Waals surface area contributed by atoms with Crippen LogP contribution in [0, 0.1) is 11.6 Å². The predicted molar refractivity (Wildman–Crippen MR) is 94.5 cm³/mol. The van der Waals surface area contributed by atoms with E-state index in [1.165, 1.54) is 6.07 Å². The minimum atomic E-state index is -0.841. The van der Waals surface area contributed by atoms with E-state index in [1.807, 2.05) is 13.1 Å². The number of carbonyl (C=O) groups is 1. The molecule has 3 rings (SSSR count). The highest BCUT2D eigenvalue weighted by molar-refractivity contribution is 5.89. The first-order valence-electron chi connectivity index (χ1n) is 8.58. The number of halogens is 2. The van der Waals surface area contributed by atoms with Gasteiger partial charge in [0.25, 0.3) is 0 Å². The van der Waals surface area contributed by atoms with Gasteiger partial charge in [-0.2, -0.15) is 5.10 Å². The fourth-order valence-electron chi connectivity index (χ4n) is 3.38. The Balaban J connectivity index is 1.69. The van der Waals surface area contributed by atoms with Crippen LogP contribution in [0.5, 0.6) is 0 Å². The van der Waals surface area contributed by atoms with Crippen molar-refractivity contribution in [3.63, 3.8) is 0 Å². The van der Waals surface area contributed by atoms with Crippen LogP contribution in [0.15, 0.2) is 30.5 Å². The molecule has 1 aromatic carbocycles. The summed E-state index contributed by atoms with van der Waals surface area (Å²) in [6, 6.07) is 5.79. The second-order valence-electron chi connectivity index (χ2n) is 6.65. The molecular weight excluding hydrogens is 340 g/mol. The second kappa shape index (κ2) is 7.41. The maximum absolute atomic E-state index is 13.4. The minimum absolute atomic E-state index is 0.0637. The SMILES string of the molecule is CNC(=O)C1(Nc2ccnn2C)CCN(Cc2ccc(F)c(F)c2)CC1. The molecule has 6 nitrogen and oxygen atoms in total. The van der Waals surface area contributed by atoms with E-state index >= 15 is 0 Å². The van der Waals surface area contributed by atoms with Gasteiger partial charge in [-0.15, -0.1) is 0 Å². The first-order valence-corrected chi connectivity index (χ1v) is 8.58. The number of benzene rings is 1. The highest BCUT2D eigenvalue weighted by Gasteiger charge is 2.41. The third-order valence-corrected chi connectivity index (χ3v) is 4.95. The maximum atomic E-state index is 13.4. The normalized spacial score (nSPS) is 17.1. The summed E-state index contributed by atoms with van der Waals surface area (Å²) in [5.41, 5.74) is 0.00327. The van der Waals surface area contributed by atoms with Gasteiger partial charge in [0.05, 0.1) is 6.20 Å². The van der Waals surface area contributed by atoms with Crippen LogP contribution in [0.2, 0.25) is 0 Å². The Morgan fingerprint density at radius 2 is 1.96 bits per heavy atom. The molecular formula is C18H23F2N5O. The Hall–Kier alpha value is -2.48. The fraction of sp³-hybridized carbons (Fsp3) is 0.444. The zero-order chi connectivity index (χ0) is 18.7. The van der Waals surface area contributed by atoms with Crippen LogP contribution < -0.4 is 10.6 Å². The number of carbonyl (C=O) groups excluding carboxylic acids is 1. The van der Waals surface area contributed by atoms with E-state index in [0.29, 0.717) is 32.5 Å². The molecule has 0 bridgehead atoms. The van der Waals surface area contributed by atoms with E-state index in [0.717, 1.165) is 17.4 Å². The lowest BCUT2D eigenvalue weighted by molar-refractivity contribution is -0.126. The number of likely N-dealkylation sites (tertiary alicyclic amines) is 1. The summed E-state index contributed by atoms with van der Waals surface area (Å²) < 4.78 is 28.2. The number of amides is 1. The number of aromatic nitrogens is 2. The van der Waals surface area contributed by atoms with Crippen molar-refractivity contribution in [2.75, 3.05) is 25.5 Å². The third-order valence-electron chi connectivity index (χ3n) is 4.95. The van der Waals surface area contributed by atoms with Crippen LogP contribution in [-0.4, -0.2) is 46.3 Å². The van der Waals surface area contributed by atoms with Gasteiger partial charge in [-0.1, -0.05) is 6.07 Å². The number of nitrogens with zero attached hydrogens (tertiary/aromatic N) is 3. The number of hydrogen-bond acceptors (Lipinski definition) is 4. The van der Waals surface area contributed by atoms with E-state index in [2.05, 4.69) is 20.6 Å². The van der Waals surface area contributed by atoms with Gasteiger partial charge in [0, 0.05) is 39.8 Å². The molecule has 2 heterocycles. The van der Waals surface area contributed by atoms with E-state index in [1.54, 1.807) is 24.0 Å². The molecule has 1 aromatic heterocycles. The Morgan fingerprint density at radius 1 is 1.23 bits per heavy atom. The number of piperidine rings is 1. The van der Waals surface area contributed by atoms with Crippen molar-refractivity contribution < 1.29 is 13.6 Å². The molecule has 2 N–H and O–H groups in total. The van der Waals surface area contributed by atoms with E-state index in [9.17, 15) is 13.6 Å². The molecule has 0 aliphatic carbocycles. The topological polar surface area (TPSA) is 62.2 Å². The van der Waals surface area contributed by atoms with E-state index in [4.69, 9.17) is 0 Å². The number of aryl methyl sites for hydroxylation is 1. The Labute approximate surface area is 151 Å². The summed E-state index contributed by atoms with van der Waals surface area (Å²) in [5.74, 6) is -0.961. The second-order valence-corrected chi connectivity index (χ2v) is 6.65. The number of rotatable bonds is 5. The summed E-state index contributed by atoms with van der Waals surface area (Å²) in [4.78, 5) is 14.7. The van der Waals surface area contributed by atoms with Gasteiger partial charge >= 0.3 is 0 Å². The van der Waals surface area contributed by atoms with Crippen LogP contribution in [0.25, 0.3) is 0 Å². The van der Waals surface area contributed by atoms with E-state index < -0.39 is 17.2 Å². The lowest BCUT2D eigenvalue weighted by Crippen LogP contribution is -2.57. The lowest BCUT2D eigenvalue weighted by Gasteiger charge is -2.41. The van der Waals surface area contributed by atoms with Gasteiger partial charge in [0.15, 0.2) is 11.6 Å². The molecule has 0 radical (unpaired) electrons. The fourth-order valence-corrected chi connectivity index (χ4v) is 3.38. The number of anilines is 1. The van der Waals surface area contributed by atoms with Crippen LogP contribution in [-0.2, 0) is 18.4 Å². The van der Waals surface area contributed by atoms with Gasteiger partial charge < -0.3 is 10.6 Å². The number of likely N-dealkylation sites (N-methyl/N-ethyl adjacent to an activating group) is 1. The molecule has 26 heavy (non-hydrogen) atoms. The highest BCUT2D eigenvalue weighted by atomic mass is 19.2. The first-order chi connectivity index (χ1) is 12.4. The smallest absolute Gasteiger partial charge is 0.245 e. The standard InChI is InChI=1S/C18H23F2N5O/c1-21-17(26)18(23-16-5-8-22-24(16)2)6-9-25(10-7-18)12-13-3-4-14(19)15(20)11-13/h3-5,8,11,23H,6-7,9-10,12H2,1-2H3,(H,21,26). The van der Waals surface area contributed by atoms with Gasteiger partial charge in [0.1, 0.15) is 11.4 Å². The number of nitrogens with one attached hydrogen (secondary N) is 2. The quantitative estimate of drug-likeness (QED) is 0.852. The zero-order valence-corrected chi connectivity index (χ0v) is 14.9. The summed E-state index contributed by atoms with van der Waals surface area (Å²) in [5, 5.41) is 10.2. The van der Waals surface area contributed by atoms with Crippen molar-refractivity contribution in [1.82, 2.24) is 20.0 Å². The molecule has 1 amide bonds. The van der Waals surface area contributed by atoms with Gasteiger partial charge in [-0.05, 0) is 30.5 Å². The molecule has 8 heteroatoms. The van der Waals surface area contributed by atoms with Crippen molar-refractivity contribution in [2.24, 2.45) is 7.05 Å². The molecule has 1 aliphatic heterocycles. The minimum Gasteiger partial charge on any atom is -0.357 e. The first kappa shape index (κ1) is 18.3. The molecule has 140 valence electrons. The van der Waals surface area contributed by atoms with Crippen LogP contribution >= 0.6 is 0 Å². The predicted octanol–water partition coefficient (Wildman–Crippen LogP) is 1.89. The van der Waals surface area contributed by atoms with Gasteiger partial charge in [-0.25, -0.2) is 8.78 Å². The summed E-state index contributed by atoms with van der Waals surface area (Å²) in [7, 11) is 3.45. The molecule has 0 spiro atoms. The van der Waals surface area contributed by atoms with Crippen LogP contribution in [0.4, 0.5) is 14.6 Å². The van der Waals surface area contributed by atoms with Crippen molar-refractivity contribution in [3.05, 3.63) is 47.7 Å². The monoisotopic (exact) mass is 363 g/mol. The molecule has 1 saturated heterocycles. The summed E-state index contributed by atoms with van der Waals surface area (Å²) >= 11 is 0. The molecule has 0 atom stereocenters. The van der Waals surface area contributed by atoms with Crippen molar-refractivity contribution >= 4 is 11.7 Å². The Morgan fingerprint density at radius 3 is 2.54 bits per heavy atom. The van der Waals surface area contributed by atoms with Crippen LogP contribution in [0.3, 0.4) is 0 Å². The lowest BCUT2D eigenvalue weighted by atomic mass is 9.86. The van der Waals surface area contributed by atoms with Crippen molar-refractivity contribution in [1.29, 1.82) is 0 Å². The van der Waals surface area contributed by atoms with Gasteiger partial charge in [0.2, 0.25) is 5.91 Å². The summed E-state index contributed by atoms with van der Waals surface area (Å²) in [6.07, 6.45) is 2.88. The average Bonchev–Trinajstić information content (AvgIpc) is 3.04. The highest BCUT2D eigenvalue weighted by Crippen LogP contribution is 2.28. The van der Waals surface area contributed by atoms with Crippen molar-refractivity contribution in [3.8, 4) is 0 Å². The van der Waals surface area contributed by atoms with Crippen molar-refractivity contribution in [2.45, 2.75) is 24.9 Å². The largest absolute Gasteiger partial charge is 0.357 e. The molecule has 0 unspecified atom stereocenters. The third kappa shape index (κ3) is 3.70. The molecule has 1 aliphatic rings. The molecule has 0 saturated carbocycles. The van der Waals surface area contributed by atoms with E-state index in [-0.39, 0.29) is 5.91 Å². The maximum Gasteiger partial charge on any atom is 0.245 e. The summed E-state index contributed by atoms with van der Waals surface area (Å²) in [6.45, 7) is 1.85. The zero-order valence-electron chi connectivity index (χ0n) is 14.9. The van der Waals surface area contributed by atoms with Crippen LogP contribution in [0.1, 0.15) is 18.4 Å².